The summed E-state index contributed by atoms with van der Waals surface area (Å²) < 4.78 is 4.94. The van der Waals surface area contributed by atoms with Crippen LogP contribution in [0.3, 0.4) is 0 Å². The molecular weight excluding hydrogens is 306 g/mol. The zero-order chi connectivity index (χ0) is 17.1. The average Bonchev–Trinajstić information content (AvgIpc) is 2.86. The molecule has 1 heterocycles. The van der Waals surface area contributed by atoms with E-state index in [1.807, 2.05) is 6.07 Å². The molecule has 3 rings (SSSR count). The summed E-state index contributed by atoms with van der Waals surface area (Å²) in [7, 11) is 0. The van der Waals surface area contributed by atoms with Crippen molar-refractivity contribution >= 4 is 23.5 Å². The van der Waals surface area contributed by atoms with Gasteiger partial charge >= 0.3 is 5.97 Å². The molecular formula is C19H15NO4. The fraction of sp³-hybridized carbons (Fsp3) is 0.105. The van der Waals surface area contributed by atoms with Crippen molar-refractivity contribution in [3.63, 3.8) is 0 Å². The molecule has 24 heavy (non-hydrogen) atoms. The highest BCUT2D eigenvalue weighted by Crippen LogP contribution is 2.30. The summed E-state index contributed by atoms with van der Waals surface area (Å²) in [5.41, 5.74) is 1.45. The first-order valence-corrected chi connectivity index (χ1v) is 7.55. The highest BCUT2D eigenvalue weighted by atomic mass is 16.5. The van der Waals surface area contributed by atoms with Gasteiger partial charge < -0.3 is 4.74 Å². The smallest absolute Gasteiger partial charge is 0.332 e. The molecule has 1 aliphatic rings. The van der Waals surface area contributed by atoms with Crippen molar-refractivity contribution in [2.45, 2.75) is 6.92 Å². The van der Waals surface area contributed by atoms with Gasteiger partial charge in [-0.05, 0) is 24.6 Å². The maximum absolute atomic E-state index is 12.7. The van der Waals surface area contributed by atoms with E-state index in [9.17, 15) is 14.4 Å². The molecule has 0 unspecified atom stereocenters. The summed E-state index contributed by atoms with van der Waals surface area (Å²) in [5, 5.41) is 0. The minimum atomic E-state index is -0.604. The molecule has 0 saturated heterocycles. The minimum Gasteiger partial charge on any atom is -0.463 e. The predicted molar refractivity (Wildman–Crippen MR) is 88.0 cm³/mol. The van der Waals surface area contributed by atoms with E-state index < -0.39 is 17.8 Å². The van der Waals surface area contributed by atoms with Crippen molar-refractivity contribution in [3.05, 3.63) is 77.4 Å². The Hall–Kier alpha value is -3.21. The number of ether oxygens (including phenoxy) is 1. The van der Waals surface area contributed by atoms with Crippen LogP contribution in [-0.4, -0.2) is 29.3 Å². The lowest BCUT2D eigenvalue weighted by Crippen LogP contribution is -2.29. The standard InChI is InChI=1S/C19H15NO4/c1-2-24-17(21)12-16(13-8-4-3-5-9-13)20-18(22)14-10-6-7-11-15(14)19(20)23/h3-12H,2H2,1H3/b16-12+. The molecule has 0 fully saturated rings. The van der Waals surface area contributed by atoms with Crippen LogP contribution in [0.4, 0.5) is 0 Å². The predicted octanol–water partition coefficient (Wildman–Crippen LogP) is 2.89. The number of carbonyl (C=O) groups is 3. The molecule has 0 radical (unpaired) electrons. The van der Waals surface area contributed by atoms with Crippen LogP contribution in [0.1, 0.15) is 33.2 Å². The Morgan fingerprint density at radius 2 is 1.50 bits per heavy atom. The average molecular weight is 321 g/mol. The number of imide groups is 1. The Morgan fingerprint density at radius 1 is 0.958 bits per heavy atom. The van der Waals surface area contributed by atoms with Gasteiger partial charge in [0, 0.05) is 6.08 Å². The summed E-state index contributed by atoms with van der Waals surface area (Å²) in [6.07, 6.45) is 1.18. The van der Waals surface area contributed by atoms with Crippen LogP contribution < -0.4 is 0 Å². The first kappa shape index (κ1) is 15.7. The quantitative estimate of drug-likeness (QED) is 0.493. The van der Waals surface area contributed by atoms with Gasteiger partial charge in [0.1, 0.15) is 0 Å². The molecule has 2 amide bonds. The van der Waals surface area contributed by atoms with Gasteiger partial charge in [0.2, 0.25) is 0 Å². The molecule has 120 valence electrons. The third-order valence-corrected chi connectivity index (χ3v) is 3.65. The van der Waals surface area contributed by atoms with Crippen LogP contribution in [0.25, 0.3) is 5.70 Å². The first-order valence-electron chi connectivity index (χ1n) is 7.55. The molecule has 1 aliphatic heterocycles. The molecule has 0 N–H and O–H groups in total. The van der Waals surface area contributed by atoms with E-state index in [0.717, 1.165) is 4.90 Å². The maximum Gasteiger partial charge on any atom is 0.332 e. The number of amides is 2. The van der Waals surface area contributed by atoms with Gasteiger partial charge in [0.05, 0.1) is 23.4 Å². The van der Waals surface area contributed by atoms with Crippen molar-refractivity contribution in [2.75, 3.05) is 6.61 Å². The topological polar surface area (TPSA) is 63.7 Å². The fourth-order valence-electron chi connectivity index (χ4n) is 2.59. The van der Waals surface area contributed by atoms with Crippen LogP contribution in [0.15, 0.2) is 60.7 Å². The highest BCUT2D eigenvalue weighted by molar-refractivity contribution is 6.26. The van der Waals surface area contributed by atoms with Crippen LogP contribution in [-0.2, 0) is 9.53 Å². The second kappa shape index (κ2) is 6.50. The second-order valence-corrected chi connectivity index (χ2v) is 5.14. The van der Waals surface area contributed by atoms with Gasteiger partial charge in [-0.1, -0.05) is 42.5 Å². The van der Waals surface area contributed by atoms with Gasteiger partial charge in [0.25, 0.3) is 11.8 Å². The van der Waals surface area contributed by atoms with Crippen LogP contribution in [0.2, 0.25) is 0 Å². The molecule has 0 atom stereocenters. The SMILES string of the molecule is CCOC(=O)/C=C(\c1ccccc1)N1C(=O)c2ccccc2C1=O. The van der Waals surface area contributed by atoms with E-state index in [1.165, 1.54) is 6.08 Å². The monoisotopic (exact) mass is 321 g/mol. The van der Waals surface area contributed by atoms with Crippen molar-refractivity contribution in [1.29, 1.82) is 0 Å². The number of hydrogen-bond donors (Lipinski definition) is 0. The van der Waals surface area contributed by atoms with E-state index in [1.54, 1.807) is 55.5 Å². The van der Waals surface area contributed by atoms with Gasteiger partial charge in [0.15, 0.2) is 0 Å². The second-order valence-electron chi connectivity index (χ2n) is 5.14. The molecule has 0 aromatic heterocycles. The first-order chi connectivity index (χ1) is 11.6. The van der Waals surface area contributed by atoms with Crippen molar-refractivity contribution in [1.82, 2.24) is 4.90 Å². The minimum absolute atomic E-state index is 0.208. The Balaban J connectivity index is 2.09. The van der Waals surface area contributed by atoms with Gasteiger partial charge in [-0.3, -0.25) is 9.59 Å². The largest absolute Gasteiger partial charge is 0.463 e. The zero-order valence-corrected chi connectivity index (χ0v) is 13.1. The Kier molecular flexibility index (Phi) is 4.24. The molecule has 5 heteroatoms. The van der Waals surface area contributed by atoms with E-state index >= 15 is 0 Å². The summed E-state index contributed by atoms with van der Waals surface area (Å²) in [6, 6.07) is 15.4. The van der Waals surface area contributed by atoms with Crippen LogP contribution in [0, 0.1) is 0 Å². The van der Waals surface area contributed by atoms with Gasteiger partial charge in [-0.2, -0.15) is 0 Å². The Morgan fingerprint density at radius 3 is 2.04 bits per heavy atom. The lowest BCUT2D eigenvalue weighted by atomic mass is 10.1. The molecule has 0 spiro atoms. The normalized spacial score (nSPS) is 13.9. The summed E-state index contributed by atoms with van der Waals surface area (Å²) in [4.78, 5) is 38.3. The molecule has 2 aromatic carbocycles. The Bertz CT molecular complexity index is 804. The number of benzene rings is 2. The molecule has 5 nitrogen and oxygen atoms in total. The third-order valence-electron chi connectivity index (χ3n) is 3.65. The lowest BCUT2D eigenvalue weighted by molar-refractivity contribution is -0.137. The summed E-state index contributed by atoms with van der Waals surface area (Å²) >= 11 is 0. The zero-order valence-electron chi connectivity index (χ0n) is 13.1. The molecule has 2 aromatic rings. The van der Waals surface area contributed by atoms with Crippen LogP contribution >= 0.6 is 0 Å². The van der Waals surface area contributed by atoms with Crippen molar-refractivity contribution in [3.8, 4) is 0 Å². The molecule has 0 aliphatic carbocycles. The maximum atomic E-state index is 12.7. The third kappa shape index (κ3) is 2.72. The van der Waals surface area contributed by atoms with E-state index in [-0.39, 0.29) is 12.3 Å². The highest BCUT2D eigenvalue weighted by Gasteiger charge is 2.38. The lowest BCUT2D eigenvalue weighted by Gasteiger charge is -2.18. The van der Waals surface area contributed by atoms with E-state index in [0.29, 0.717) is 16.7 Å². The van der Waals surface area contributed by atoms with Gasteiger partial charge in [-0.25, -0.2) is 9.69 Å². The number of fused-ring (bicyclic) bond motifs is 1. The number of esters is 1. The van der Waals surface area contributed by atoms with Gasteiger partial charge in [-0.15, -0.1) is 0 Å². The fourth-order valence-corrected chi connectivity index (χ4v) is 2.59. The number of hydrogen-bond acceptors (Lipinski definition) is 4. The molecule has 0 saturated carbocycles. The van der Waals surface area contributed by atoms with E-state index in [4.69, 9.17) is 4.74 Å². The summed E-state index contributed by atoms with van der Waals surface area (Å²) in [5.74, 6) is -1.50. The molecule has 0 bridgehead atoms. The van der Waals surface area contributed by atoms with Crippen LogP contribution in [0.5, 0.6) is 0 Å². The van der Waals surface area contributed by atoms with Crippen molar-refractivity contribution < 1.29 is 19.1 Å². The summed E-state index contributed by atoms with van der Waals surface area (Å²) in [6.45, 7) is 1.90. The number of rotatable bonds is 4. The van der Waals surface area contributed by atoms with E-state index in [2.05, 4.69) is 0 Å². The van der Waals surface area contributed by atoms with Crippen molar-refractivity contribution in [2.24, 2.45) is 0 Å². The number of nitrogens with zero attached hydrogens (tertiary/aromatic N) is 1. The Labute approximate surface area is 139 Å². The number of carbonyl (C=O) groups excluding carboxylic acids is 3.